The first-order valence-electron chi connectivity index (χ1n) is 8.91. The first kappa shape index (κ1) is 18.2. The second-order valence-electron chi connectivity index (χ2n) is 6.17. The molecule has 0 aliphatic heterocycles. The second-order valence-corrected chi connectivity index (χ2v) is 6.17. The molecule has 122 valence electrons. The maximum atomic E-state index is 4.81. The van der Waals surface area contributed by atoms with E-state index in [4.69, 9.17) is 5.10 Å². The van der Waals surface area contributed by atoms with E-state index in [0.29, 0.717) is 12.1 Å². The molecule has 2 atom stereocenters. The third-order valence-electron chi connectivity index (χ3n) is 4.80. The zero-order valence-corrected chi connectivity index (χ0v) is 14.7. The van der Waals surface area contributed by atoms with Gasteiger partial charge in [0.2, 0.25) is 0 Å². The Kier molecular flexibility index (Phi) is 8.67. The average Bonchev–Trinajstić information content (AvgIpc) is 2.96. The van der Waals surface area contributed by atoms with Crippen LogP contribution in [-0.2, 0) is 6.42 Å². The van der Waals surface area contributed by atoms with Crippen LogP contribution in [0.25, 0.3) is 0 Å². The number of aromatic nitrogens is 2. The minimum atomic E-state index is 0.548. The van der Waals surface area contributed by atoms with E-state index in [0.717, 1.165) is 25.2 Å². The first-order chi connectivity index (χ1) is 10.2. The molecule has 3 heteroatoms. The molecule has 0 bridgehead atoms. The van der Waals surface area contributed by atoms with Crippen molar-refractivity contribution in [1.82, 2.24) is 15.1 Å². The summed E-state index contributed by atoms with van der Waals surface area (Å²) in [6.07, 6.45) is 10.7. The molecule has 21 heavy (non-hydrogen) atoms. The smallest absolute Gasteiger partial charge is 0.0640 e. The fourth-order valence-electron chi connectivity index (χ4n) is 3.24. The van der Waals surface area contributed by atoms with Gasteiger partial charge in [0, 0.05) is 18.7 Å². The van der Waals surface area contributed by atoms with Crippen molar-refractivity contribution < 1.29 is 0 Å². The number of hydrogen-bond acceptors (Lipinski definition) is 2. The van der Waals surface area contributed by atoms with Gasteiger partial charge in [-0.15, -0.1) is 0 Å². The van der Waals surface area contributed by atoms with Crippen LogP contribution in [0, 0.1) is 5.92 Å². The van der Waals surface area contributed by atoms with Crippen molar-refractivity contribution in [1.29, 1.82) is 0 Å². The van der Waals surface area contributed by atoms with Crippen molar-refractivity contribution in [3.63, 3.8) is 0 Å². The number of likely N-dealkylation sites (N-methyl/N-ethyl adjacent to an activating group) is 1. The molecule has 0 fully saturated rings. The Morgan fingerprint density at radius 2 is 1.86 bits per heavy atom. The molecular weight excluding hydrogens is 258 g/mol. The zero-order chi connectivity index (χ0) is 15.7. The third-order valence-corrected chi connectivity index (χ3v) is 4.80. The maximum absolute atomic E-state index is 4.81. The molecule has 3 nitrogen and oxygen atoms in total. The van der Waals surface area contributed by atoms with E-state index in [9.17, 15) is 0 Å². The lowest BCUT2D eigenvalue weighted by molar-refractivity contribution is 0.326. The standard InChI is InChI=1S/C18H35N3/c1-6-10-11-15(7-2)18(19-5)14-16-12-13-21(20-16)17(8-3)9-4/h12-13,15,17-19H,6-11,14H2,1-5H3. The SMILES string of the molecule is CCCCC(CC)C(Cc1ccn(C(CC)CC)n1)NC. The molecule has 1 heterocycles. The molecule has 0 amide bonds. The van der Waals surface area contributed by atoms with Gasteiger partial charge in [0.1, 0.15) is 0 Å². The van der Waals surface area contributed by atoms with Crippen molar-refractivity contribution in [2.45, 2.75) is 84.7 Å². The van der Waals surface area contributed by atoms with Gasteiger partial charge in [-0.3, -0.25) is 4.68 Å². The highest BCUT2D eigenvalue weighted by atomic mass is 15.3. The van der Waals surface area contributed by atoms with Crippen molar-refractivity contribution >= 4 is 0 Å². The molecular formula is C18H35N3. The van der Waals surface area contributed by atoms with E-state index in [1.807, 2.05) is 0 Å². The van der Waals surface area contributed by atoms with E-state index in [-0.39, 0.29) is 0 Å². The monoisotopic (exact) mass is 293 g/mol. The maximum Gasteiger partial charge on any atom is 0.0640 e. The van der Waals surface area contributed by atoms with E-state index >= 15 is 0 Å². The number of unbranched alkanes of at least 4 members (excludes halogenated alkanes) is 1. The van der Waals surface area contributed by atoms with Gasteiger partial charge in [0.15, 0.2) is 0 Å². The van der Waals surface area contributed by atoms with Crippen molar-refractivity contribution in [2.24, 2.45) is 5.92 Å². The quantitative estimate of drug-likeness (QED) is 0.646. The Hall–Kier alpha value is -0.830. The molecule has 1 rings (SSSR count). The van der Waals surface area contributed by atoms with Crippen LogP contribution in [-0.4, -0.2) is 22.9 Å². The summed E-state index contributed by atoms with van der Waals surface area (Å²) >= 11 is 0. The fourth-order valence-corrected chi connectivity index (χ4v) is 3.24. The summed E-state index contributed by atoms with van der Waals surface area (Å²) in [7, 11) is 2.09. The van der Waals surface area contributed by atoms with Gasteiger partial charge in [0.05, 0.1) is 11.7 Å². The minimum Gasteiger partial charge on any atom is -0.316 e. The summed E-state index contributed by atoms with van der Waals surface area (Å²) < 4.78 is 2.16. The van der Waals surface area contributed by atoms with Crippen molar-refractivity contribution in [3.05, 3.63) is 18.0 Å². The van der Waals surface area contributed by atoms with Crippen LogP contribution >= 0.6 is 0 Å². The molecule has 0 aliphatic carbocycles. The number of rotatable bonds is 11. The normalized spacial score (nSPS) is 14.6. The van der Waals surface area contributed by atoms with Crippen molar-refractivity contribution in [2.75, 3.05) is 7.05 Å². The lowest BCUT2D eigenvalue weighted by Gasteiger charge is -2.25. The second kappa shape index (κ2) is 9.99. The van der Waals surface area contributed by atoms with E-state index in [2.05, 4.69) is 57.0 Å². The van der Waals surface area contributed by atoms with Crippen molar-refractivity contribution in [3.8, 4) is 0 Å². The van der Waals surface area contributed by atoms with Gasteiger partial charge < -0.3 is 5.32 Å². The summed E-state index contributed by atoms with van der Waals surface area (Å²) in [6.45, 7) is 9.07. The molecule has 1 aromatic heterocycles. The van der Waals surface area contributed by atoms with Crippen LogP contribution in [0.2, 0.25) is 0 Å². The first-order valence-corrected chi connectivity index (χ1v) is 8.91. The van der Waals surface area contributed by atoms with E-state index in [1.165, 1.54) is 31.4 Å². The Bertz CT molecular complexity index is 368. The van der Waals surface area contributed by atoms with Crippen LogP contribution in [0.3, 0.4) is 0 Å². The van der Waals surface area contributed by atoms with Crippen LogP contribution in [0.15, 0.2) is 12.3 Å². The zero-order valence-electron chi connectivity index (χ0n) is 14.7. The third kappa shape index (κ3) is 5.46. The summed E-state index contributed by atoms with van der Waals surface area (Å²) in [5.74, 6) is 0.758. The summed E-state index contributed by atoms with van der Waals surface area (Å²) in [5, 5.41) is 8.34. The lowest BCUT2D eigenvalue weighted by atomic mass is 9.89. The number of nitrogens with one attached hydrogen (secondary N) is 1. The molecule has 1 N–H and O–H groups in total. The Morgan fingerprint density at radius 1 is 1.14 bits per heavy atom. The van der Waals surface area contributed by atoms with Gasteiger partial charge >= 0.3 is 0 Å². The number of hydrogen-bond donors (Lipinski definition) is 1. The predicted octanol–water partition coefficient (Wildman–Crippen LogP) is 4.59. The van der Waals surface area contributed by atoms with Gasteiger partial charge in [-0.1, -0.05) is 47.0 Å². The average molecular weight is 293 g/mol. The van der Waals surface area contributed by atoms with Gasteiger partial charge in [-0.2, -0.15) is 5.10 Å². The highest BCUT2D eigenvalue weighted by Gasteiger charge is 2.19. The molecule has 2 unspecified atom stereocenters. The van der Waals surface area contributed by atoms with Crippen LogP contribution in [0.5, 0.6) is 0 Å². The minimum absolute atomic E-state index is 0.548. The molecule has 1 aromatic rings. The van der Waals surface area contributed by atoms with Gasteiger partial charge in [0.25, 0.3) is 0 Å². The highest BCUT2D eigenvalue weighted by Crippen LogP contribution is 2.21. The van der Waals surface area contributed by atoms with Crippen LogP contribution < -0.4 is 5.32 Å². The van der Waals surface area contributed by atoms with Crippen LogP contribution in [0.4, 0.5) is 0 Å². The Morgan fingerprint density at radius 3 is 2.38 bits per heavy atom. The van der Waals surface area contributed by atoms with E-state index in [1.54, 1.807) is 0 Å². The summed E-state index contributed by atoms with van der Waals surface area (Å²) in [6, 6.07) is 3.30. The topological polar surface area (TPSA) is 29.9 Å². The largest absolute Gasteiger partial charge is 0.316 e. The molecule has 0 saturated heterocycles. The Balaban J connectivity index is 2.68. The van der Waals surface area contributed by atoms with Gasteiger partial charge in [-0.05, 0) is 38.3 Å². The summed E-state index contributed by atoms with van der Waals surface area (Å²) in [4.78, 5) is 0. The Labute approximate surface area is 131 Å². The number of nitrogens with zero attached hydrogens (tertiary/aromatic N) is 2. The lowest BCUT2D eigenvalue weighted by Crippen LogP contribution is -2.35. The summed E-state index contributed by atoms with van der Waals surface area (Å²) in [5.41, 5.74) is 1.23. The molecule has 0 radical (unpaired) electrons. The molecule has 0 aliphatic rings. The fraction of sp³-hybridized carbons (Fsp3) is 0.833. The molecule has 0 spiro atoms. The molecule has 0 saturated carbocycles. The highest BCUT2D eigenvalue weighted by molar-refractivity contribution is 5.03. The van der Waals surface area contributed by atoms with E-state index < -0.39 is 0 Å². The van der Waals surface area contributed by atoms with Crippen LogP contribution in [0.1, 0.15) is 78.0 Å². The molecule has 0 aromatic carbocycles. The predicted molar refractivity (Wildman–Crippen MR) is 91.7 cm³/mol. The van der Waals surface area contributed by atoms with Gasteiger partial charge in [-0.25, -0.2) is 0 Å².